The number of carbonyl (C=O) groups is 1. The number of carboxylic acid groups (broad SMARTS) is 1. The Morgan fingerprint density at radius 2 is 2.28 bits per heavy atom. The van der Waals surface area contributed by atoms with Gasteiger partial charge in [-0.1, -0.05) is 18.2 Å². The molecule has 0 aromatic heterocycles. The highest BCUT2D eigenvalue weighted by atomic mass is 16.5. The highest BCUT2D eigenvalue weighted by molar-refractivity contribution is 5.89. The molecule has 0 saturated carbocycles. The van der Waals surface area contributed by atoms with Gasteiger partial charge < -0.3 is 15.2 Å². The van der Waals surface area contributed by atoms with Crippen LogP contribution in [0.3, 0.4) is 0 Å². The number of hydrogen-bond donors (Lipinski definition) is 2. The zero-order chi connectivity index (χ0) is 12.8. The van der Waals surface area contributed by atoms with Gasteiger partial charge in [-0.15, -0.1) is 0 Å². The molecule has 1 heterocycles. The lowest BCUT2D eigenvalue weighted by Gasteiger charge is -2.10. The van der Waals surface area contributed by atoms with E-state index in [4.69, 9.17) is 9.84 Å². The molecular weight excluding hydrogens is 230 g/mol. The molecule has 4 nitrogen and oxygen atoms in total. The van der Waals surface area contributed by atoms with E-state index in [9.17, 15) is 4.79 Å². The first kappa shape index (κ1) is 13.1. The molecule has 0 spiro atoms. The zero-order valence-electron chi connectivity index (χ0n) is 10.4. The van der Waals surface area contributed by atoms with Gasteiger partial charge in [0.2, 0.25) is 0 Å². The molecule has 4 heteroatoms. The zero-order valence-corrected chi connectivity index (χ0v) is 10.4. The Balaban J connectivity index is 1.77. The van der Waals surface area contributed by atoms with Crippen LogP contribution in [0.5, 0.6) is 0 Å². The molecule has 98 valence electrons. The smallest absolute Gasteiger partial charge is 0.336 e. The van der Waals surface area contributed by atoms with Crippen LogP contribution in [-0.2, 0) is 11.3 Å². The van der Waals surface area contributed by atoms with Gasteiger partial charge in [0.1, 0.15) is 0 Å². The predicted molar refractivity (Wildman–Crippen MR) is 68.7 cm³/mol. The number of carboxylic acids is 1. The van der Waals surface area contributed by atoms with Crippen molar-refractivity contribution >= 4 is 5.97 Å². The van der Waals surface area contributed by atoms with Crippen molar-refractivity contribution in [1.82, 2.24) is 5.32 Å². The van der Waals surface area contributed by atoms with Crippen molar-refractivity contribution in [3.8, 4) is 0 Å². The Labute approximate surface area is 107 Å². The molecule has 0 radical (unpaired) electrons. The van der Waals surface area contributed by atoms with Crippen LogP contribution in [0.1, 0.15) is 28.8 Å². The van der Waals surface area contributed by atoms with Gasteiger partial charge in [-0.25, -0.2) is 4.79 Å². The van der Waals surface area contributed by atoms with E-state index in [-0.39, 0.29) is 0 Å². The molecule has 1 aliphatic rings. The van der Waals surface area contributed by atoms with E-state index in [1.165, 1.54) is 0 Å². The lowest BCUT2D eigenvalue weighted by atomic mass is 10.0. The SMILES string of the molecule is O=C(O)c1ccccc1CNCCC1CCOC1. The Hall–Kier alpha value is -1.39. The lowest BCUT2D eigenvalue weighted by Crippen LogP contribution is -2.19. The van der Waals surface area contributed by atoms with Crippen molar-refractivity contribution in [2.45, 2.75) is 19.4 Å². The van der Waals surface area contributed by atoms with Crippen molar-refractivity contribution in [1.29, 1.82) is 0 Å². The fraction of sp³-hybridized carbons (Fsp3) is 0.500. The second-order valence-electron chi connectivity index (χ2n) is 4.66. The minimum absolute atomic E-state index is 0.384. The first-order valence-electron chi connectivity index (χ1n) is 6.37. The van der Waals surface area contributed by atoms with Crippen LogP contribution in [0.2, 0.25) is 0 Å². The van der Waals surface area contributed by atoms with Crippen molar-refractivity contribution in [3.63, 3.8) is 0 Å². The van der Waals surface area contributed by atoms with Crippen molar-refractivity contribution in [3.05, 3.63) is 35.4 Å². The van der Waals surface area contributed by atoms with Gasteiger partial charge in [0.15, 0.2) is 0 Å². The number of aromatic carboxylic acids is 1. The largest absolute Gasteiger partial charge is 0.478 e. The highest BCUT2D eigenvalue weighted by Gasteiger charge is 2.14. The Bertz CT molecular complexity index is 400. The molecule has 1 atom stereocenters. The standard InChI is InChI=1S/C14H19NO3/c16-14(17)13-4-2-1-3-12(13)9-15-7-5-11-6-8-18-10-11/h1-4,11,15H,5-10H2,(H,16,17). The molecule has 18 heavy (non-hydrogen) atoms. The average Bonchev–Trinajstić information content (AvgIpc) is 2.88. The number of hydrogen-bond acceptors (Lipinski definition) is 3. The van der Waals surface area contributed by atoms with Gasteiger partial charge in [0, 0.05) is 19.8 Å². The molecule has 0 bridgehead atoms. The molecule has 0 aliphatic carbocycles. The van der Waals surface area contributed by atoms with Gasteiger partial charge in [0.05, 0.1) is 5.56 Å². The summed E-state index contributed by atoms with van der Waals surface area (Å²) >= 11 is 0. The number of benzene rings is 1. The van der Waals surface area contributed by atoms with Crippen LogP contribution in [-0.4, -0.2) is 30.8 Å². The monoisotopic (exact) mass is 249 g/mol. The van der Waals surface area contributed by atoms with Crippen molar-refractivity contribution in [2.24, 2.45) is 5.92 Å². The topological polar surface area (TPSA) is 58.6 Å². The quantitative estimate of drug-likeness (QED) is 0.756. The molecule has 1 aliphatic heterocycles. The van der Waals surface area contributed by atoms with Gasteiger partial charge in [-0.3, -0.25) is 0 Å². The fourth-order valence-electron chi connectivity index (χ4n) is 2.22. The van der Waals surface area contributed by atoms with Crippen molar-refractivity contribution < 1.29 is 14.6 Å². The summed E-state index contributed by atoms with van der Waals surface area (Å²) in [6.45, 7) is 3.26. The van der Waals surface area contributed by atoms with Crippen LogP contribution in [0, 0.1) is 5.92 Å². The molecule has 0 amide bonds. The summed E-state index contributed by atoms with van der Waals surface area (Å²) in [7, 11) is 0. The maximum atomic E-state index is 11.0. The molecular formula is C14H19NO3. The summed E-state index contributed by atoms with van der Waals surface area (Å²) < 4.78 is 5.32. The van der Waals surface area contributed by atoms with Gasteiger partial charge in [0.25, 0.3) is 0 Å². The van der Waals surface area contributed by atoms with E-state index >= 15 is 0 Å². The van der Waals surface area contributed by atoms with Crippen LogP contribution >= 0.6 is 0 Å². The lowest BCUT2D eigenvalue weighted by molar-refractivity contribution is 0.0695. The number of ether oxygens (including phenoxy) is 1. The third-order valence-electron chi connectivity index (χ3n) is 3.32. The van der Waals surface area contributed by atoms with E-state index in [2.05, 4.69) is 5.32 Å². The summed E-state index contributed by atoms with van der Waals surface area (Å²) in [6, 6.07) is 7.12. The van der Waals surface area contributed by atoms with E-state index in [1.807, 2.05) is 12.1 Å². The summed E-state index contributed by atoms with van der Waals surface area (Å²) in [5, 5.41) is 12.4. The molecule has 2 N–H and O–H groups in total. The average molecular weight is 249 g/mol. The van der Waals surface area contributed by atoms with E-state index in [0.29, 0.717) is 18.0 Å². The van der Waals surface area contributed by atoms with Crippen molar-refractivity contribution in [2.75, 3.05) is 19.8 Å². The maximum Gasteiger partial charge on any atom is 0.336 e. The summed E-state index contributed by atoms with van der Waals surface area (Å²) in [5.74, 6) is -0.205. The molecule has 1 fully saturated rings. The molecule has 2 rings (SSSR count). The Kier molecular flexibility index (Phi) is 4.73. The van der Waals surface area contributed by atoms with Gasteiger partial charge in [-0.05, 0) is 36.9 Å². The summed E-state index contributed by atoms with van der Waals surface area (Å²) in [6.07, 6.45) is 2.24. The number of rotatable bonds is 6. The minimum Gasteiger partial charge on any atom is -0.478 e. The molecule has 1 unspecified atom stereocenters. The predicted octanol–water partition coefficient (Wildman–Crippen LogP) is 1.90. The highest BCUT2D eigenvalue weighted by Crippen LogP contribution is 2.15. The first-order chi connectivity index (χ1) is 8.77. The fourth-order valence-corrected chi connectivity index (χ4v) is 2.22. The van der Waals surface area contributed by atoms with Crippen LogP contribution in [0.15, 0.2) is 24.3 Å². The van der Waals surface area contributed by atoms with E-state index in [0.717, 1.165) is 38.2 Å². The van der Waals surface area contributed by atoms with Gasteiger partial charge >= 0.3 is 5.97 Å². The molecule has 1 aromatic rings. The van der Waals surface area contributed by atoms with Gasteiger partial charge in [-0.2, -0.15) is 0 Å². The summed E-state index contributed by atoms with van der Waals surface area (Å²) in [5.41, 5.74) is 1.22. The van der Waals surface area contributed by atoms with Crippen LogP contribution in [0.25, 0.3) is 0 Å². The van der Waals surface area contributed by atoms with E-state index < -0.39 is 5.97 Å². The van der Waals surface area contributed by atoms with E-state index in [1.54, 1.807) is 12.1 Å². The Morgan fingerprint density at radius 3 is 3.00 bits per heavy atom. The summed E-state index contributed by atoms with van der Waals surface area (Å²) in [4.78, 5) is 11.0. The first-order valence-corrected chi connectivity index (χ1v) is 6.37. The van der Waals surface area contributed by atoms with Crippen LogP contribution < -0.4 is 5.32 Å². The van der Waals surface area contributed by atoms with Crippen LogP contribution in [0.4, 0.5) is 0 Å². The molecule has 1 saturated heterocycles. The Morgan fingerprint density at radius 1 is 1.44 bits per heavy atom. The molecule has 1 aromatic carbocycles. The normalized spacial score (nSPS) is 19.0. The third kappa shape index (κ3) is 3.55. The second-order valence-corrected chi connectivity index (χ2v) is 4.66. The second kappa shape index (κ2) is 6.52. The number of nitrogens with one attached hydrogen (secondary N) is 1. The third-order valence-corrected chi connectivity index (χ3v) is 3.32. The minimum atomic E-state index is -0.864. The maximum absolute atomic E-state index is 11.0.